The molecule has 0 N–H and O–H groups in total. The Morgan fingerprint density at radius 3 is 2.37 bits per heavy atom. The van der Waals surface area contributed by atoms with Gasteiger partial charge in [0, 0.05) is 55.9 Å². The Balaban J connectivity index is 1.12. The third kappa shape index (κ3) is 8.60. The number of nitrogens with zero attached hydrogens (tertiary/aromatic N) is 2. The number of carbonyl (C=O) groups is 2. The van der Waals surface area contributed by atoms with E-state index in [2.05, 4.69) is 56.4 Å². The van der Waals surface area contributed by atoms with Crippen LogP contribution in [0.15, 0.2) is 29.2 Å². The number of allylic oxidation sites excluding steroid dienone is 2. The molecule has 8 rings (SSSR count). The summed E-state index contributed by atoms with van der Waals surface area (Å²) in [5.41, 5.74) is 1.74. The van der Waals surface area contributed by atoms with Crippen molar-refractivity contribution >= 4 is 34.4 Å². The molecule has 4 fully saturated rings. The van der Waals surface area contributed by atoms with Crippen LogP contribution in [0.2, 0.25) is 0 Å². The average Bonchev–Trinajstić information content (AvgIpc) is 4.05. The van der Waals surface area contributed by atoms with Gasteiger partial charge in [0.05, 0.1) is 41.4 Å². The second kappa shape index (κ2) is 18.9. The fourth-order valence-corrected chi connectivity index (χ4v) is 13.7. The molecular weight excluding hydrogens is 805 g/mol. The number of ether oxygens (including phenoxy) is 8. The van der Waals surface area contributed by atoms with Crippen LogP contribution in [0.1, 0.15) is 108 Å². The molecule has 332 valence electrons. The first-order chi connectivity index (χ1) is 28.9. The van der Waals surface area contributed by atoms with E-state index in [1.807, 2.05) is 13.8 Å². The molecule has 2 aromatic rings. The van der Waals surface area contributed by atoms with Gasteiger partial charge in [-0.2, -0.15) is 0 Å². The van der Waals surface area contributed by atoms with Crippen LogP contribution < -0.4 is 0 Å². The molecule has 60 heavy (non-hydrogen) atoms. The first kappa shape index (κ1) is 44.5. The smallest absolute Gasteiger partial charge is 0.306 e. The summed E-state index contributed by atoms with van der Waals surface area (Å²) in [4.78, 5) is 39.2. The number of cyclic esters (lactones) is 1. The number of esters is 1. The number of methoxy groups -OCH3 is 3. The highest BCUT2D eigenvalue weighted by Crippen LogP contribution is 2.63. The van der Waals surface area contributed by atoms with Crippen molar-refractivity contribution in [1.82, 2.24) is 9.88 Å². The molecule has 3 unspecified atom stereocenters. The monoisotopic (exact) mass is 870 g/mol. The molecule has 14 heteroatoms. The van der Waals surface area contributed by atoms with Gasteiger partial charge in [0.25, 0.3) is 0 Å². The van der Waals surface area contributed by atoms with Gasteiger partial charge >= 0.3 is 5.97 Å². The van der Waals surface area contributed by atoms with Crippen LogP contribution in [0, 0.1) is 23.7 Å². The molecule has 1 saturated carbocycles. The molecule has 0 amide bonds. The Kier molecular flexibility index (Phi) is 14.0. The second-order valence-electron chi connectivity index (χ2n) is 18.2. The van der Waals surface area contributed by atoms with E-state index in [0.29, 0.717) is 12.5 Å². The normalized spacial score (nSPS) is 41.1. The van der Waals surface area contributed by atoms with Crippen LogP contribution in [-0.2, 0) is 47.5 Å². The van der Waals surface area contributed by atoms with E-state index < -0.39 is 18.3 Å². The first-order valence-corrected chi connectivity index (χ1v) is 24.0. The number of Topliss-reactive ketones (excluding diaryl/α,β-unsaturated/α-hetero) is 1. The zero-order chi connectivity index (χ0) is 42.4. The highest BCUT2D eigenvalue weighted by molar-refractivity contribution is 7.21. The minimum Gasteiger partial charge on any atom is -0.462 e. The van der Waals surface area contributed by atoms with Crippen molar-refractivity contribution in [2.75, 3.05) is 35.4 Å². The minimum atomic E-state index is -0.646. The van der Waals surface area contributed by atoms with Crippen molar-refractivity contribution < 1.29 is 47.5 Å². The number of thiophene rings is 1. The molecule has 12 nitrogen and oxygen atoms in total. The fourth-order valence-electron chi connectivity index (χ4n) is 11.6. The van der Waals surface area contributed by atoms with Crippen molar-refractivity contribution in [3.05, 3.63) is 39.7 Å². The lowest BCUT2D eigenvalue weighted by molar-refractivity contribution is -0.314. The van der Waals surface area contributed by atoms with Gasteiger partial charge in [0.1, 0.15) is 29.4 Å². The van der Waals surface area contributed by atoms with Crippen LogP contribution in [0.25, 0.3) is 9.88 Å². The largest absolute Gasteiger partial charge is 0.462 e. The van der Waals surface area contributed by atoms with Crippen LogP contribution in [-0.4, -0.2) is 125 Å². The molecule has 0 spiro atoms. The maximum atomic E-state index is 15.2. The number of hydrogen-bond acceptors (Lipinski definition) is 14. The van der Waals surface area contributed by atoms with Crippen LogP contribution in [0.3, 0.4) is 0 Å². The summed E-state index contributed by atoms with van der Waals surface area (Å²) < 4.78 is 50.5. The lowest BCUT2D eigenvalue weighted by Crippen LogP contribution is -2.59. The number of fused-ring (bicyclic) bond motifs is 8. The molecule has 2 aromatic heterocycles. The molecule has 17 atom stereocenters. The molecule has 0 aromatic carbocycles. The summed E-state index contributed by atoms with van der Waals surface area (Å²) in [6.45, 7) is 8.19. The average molecular weight is 871 g/mol. The first-order valence-electron chi connectivity index (χ1n) is 22.3. The van der Waals surface area contributed by atoms with Gasteiger partial charge in [-0.15, -0.1) is 22.7 Å². The zero-order valence-corrected chi connectivity index (χ0v) is 38.4. The quantitative estimate of drug-likeness (QED) is 0.217. The molecular formula is C46H66N2O10S2. The molecule has 3 saturated heterocycles. The Morgan fingerprint density at radius 1 is 0.900 bits per heavy atom. The topological polar surface area (TPSA) is 124 Å². The van der Waals surface area contributed by atoms with Crippen molar-refractivity contribution in [2.45, 2.75) is 165 Å². The van der Waals surface area contributed by atoms with E-state index in [4.69, 9.17) is 42.9 Å². The number of hydrogen-bond donors (Lipinski definition) is 0. The van der Waals surface area contributed by atoms with Gasteiger partial charge in [0.15, 0.2) is 18.4 Å². The Morgan fingerprint density at radius 2 is 1.68 bits per heavy atom. The van der Waals surface area contributed by atoms with E-state index >= 15 is 4.79 Å². The Bertz CT molecular complexity index is 1820. The van der Waals surface area contributed by atoms with Gasteiger partial charge in [-0.05, 0) is 108 Å². The predicted octanol–water partition coefficient (Wildman–Crippen LogP) is 7.75. The van der Waals surface area contributed by atoms with Crippen molar-refractivity contribution in [3.8, 4) is 9.88 Å². The highest BCUT2D eigenvalue weighted by Gasteiger charge is 2.57. The Hall–Kier alpha value is -2.11. The van der Waals surface area contributed by atoms with Gasteiger partial charge in [-0.25, -0.2) is 4.98 Å². The molecule has 5 heterocycles. The number of ketones is 1. The van der Waals surface area contributed by atoms with Gasteiger partial charge in [-0.1, -0.05) is 26.0 Å². The van der Waals surface area contributed by atoms with E-state index in [0.717, 1.165) is 66.1 Å². The number of rotatable bonds is 10. The summed E-state index contributed by atoms with van der Waals surface area (Å²) in [7, 11) is 9.17. The van der Waals surface area contributed by atoms with Crippen molar-refractivity contribution in [1.29, 1.82) is 0 Å². The minimum absolute atomic E-state index is 0.00989. The van der Waals surface area contributed by atoms with Gasteiger partial charge in [-0.3, -0.25) is 9.59 Å². The standard InChI is InChI=1S/C46H66N2O10S2/c1-10-26-13-11-14-34(58-37-17-16-33(48(5)6)24(3)54-37)23(2)40(50)31-21-29-28-19-27(57-46-43(53-9)42(52-8)41(51-7)25(4)55-46)20-32(28)44-39(38(29)30(31)22-36(49)56-26)47-45(60-44)35-15-12-18-59-35/h12,15,18,21,23-30,32-34,37-38,41-43,46H,10-11,13-14,16-17,19-20,22H2,1-9H3/t23-,24?,25?,26+,27+,28+,29+,30-,32-,33+,34+,37+,38-,41+,42?,43+,46+/m1/s1. The Labute approximate surface area is 363 Å². The predicted molar refractivity (Wildman–Crippen MR) is 229 cm³/mol. The van der Waals surface area contributed by atoms with Gasteiger partial charge < -0.3 is 42.8 Å². The second-order valence-corrected chi connectivity index (χ2v) is 20.2. The number of carbonyl (C=O) groups excluding carboxylic acids is 2. The number of thiazole rings is 1. The van der Waals surface area contributed by atoms with Crippen LogP contribution >= 0.6 is 22.7 Å². The number of aromatic nitrogens is 1. The van der Waals surface area contributed by atoms with E-state index in [-0.39, 0.29) is 96.8 Å². The summed E-state index contributed by atoms with van der Waals surface area (Å²) in [5.74, 6) is -0.797. The maximum absolute atomic E-state index is 15.2. The number of likely N-dealkylation sites (N-methyl/N-ethyl adjacent to an activating group) is 1. The summed E-state index contributed by atoms with van der Waals surface area (Å²) >= 11 is 3.44. The lowest BCUT2D eigenvalue weighted by Gasteiger charge is -2.44. The highest BCUT2D eigenvalue weighted by atomic mass is 32.1. The van der Waals surface area contributed by atoms with Crippen molar-refractivity contribution in [2.24, 2.45) is 23.7 Å². The van der Waals surface area contributed by atoms with Crippen molar-refractivity contribution in [3.63, 3.8) is 0 Å². The lowest BCUT2D eigenvalue weighted by atomic mass is 9.67. The van der Waals surface area contributed by atoms with E-state index in [1.165, 1.54) is 4.88 Å². The SMILES string of the molecule is CC[C@H]1CCC[C@H](O[C@H]2CC[C@H](N(C)C)C(C)O2)[C@@H](C)C(=O)C2=C[C@H]3[C@@H]4C[C@H](O[C@@H]5OC(C)[C@H](OC)C(OC)[C@@H]5OC)C[C@H]4c4sc(-c5cccs5)nc4[C@H]3[C@@H]2CC(=O)O1. The zero-order valence-electron chi connectivity index (χ0n) is 36.8. The fraction of sp³-hybridized carbons (Fsp3) is 0.761. The molecule has 0 bridgehead atoms. The maximum Gasteiger partial charge on any atom is 0.306 e. The van der Waals surface area contributed by atoms with E-state index in [9.17, 15) is 4.79 Å². The van der Waals surface area contributed by atoms with Crippen LogP contribution in [0.5, 0.6) is 0 Å². The third-order valence-electron chi connectivity index (χ3n) is 14.6. The van der Waals surface area contributed by atoms with Gasteiger partial charge in [0.2, 0.25) is 0 Å². The molecule has 0 radical (unpaired) electrons. The summed E-state index contributed by atoms with van der Waals surface area (Å²) in [5, 5.41) is 3.07. The third-order valence-corrected chi connectivity index (χ3v) is 16.9. The molecule has 3 aliphatic carbocycles. The summed E-state index contributed by atoms with van der Waals surface area (Å²) in [6, 6.07) is 4.50. The molecule has 6 aliphatic rings. The molecule has 3 aliphatic heterocycles. The summed E-state index contributed by atoms with van der Waals surface area (Å²) in [6.07, 6.45) is 5.50. The van der Waals surface area contributed by atoms with E-state index in [1.54, 1.807) is 44.0 Å². The van der Waals surface area contributed by atoms with Crippen LogP contribution in [0.4, 0.5) is 0 Å².